The number of aliphatic hydroxyl groups excluding tert-OH is 1. The van der Waals surface area contributed by atoms with Crippen molar-refractivity contribution in [3.05, 3.63) is 27.2 Å². The van der Waals surface area contributed by atoms with Gasteiger partial charge in [0.15, 0.2) is 11.2 Å². The van der Waals surface area contributed by atoms with Crippen LogP contribution in [0.4, 0.5) is 0 Å². The first-order chi connectivity index (χ1) is 15.1. The highest BCUT2D eigenvalue weighted by Gasteiger charge is 2.14. The first-order valence-corrected chi connectivity index (χ1v) is 6.17. The van der Waals surface area contributed by atoms with Crippen LogP contribution in [0.3, 0.4) is 0 Å². The van der Waals surface area contributed by atoms with E-state index in [9.17, 15) is 14.4 Å². The number of aliphatic hydroxyl groups is 1. The van der Waals surface area contributed by atoms with Crippen LogP contribution in [0.25, 0.3) is 11.2 Å². The summed E-state index contributed by atoms with van der Waals surface area (Å²) in [6.45, 7) is -8.44. The Bertz CT molecular complexity index is 1240. The minimum absolute atomic E-state index is 0.0491. The van der Waals surface area contributed by atoms with Crippen LogP contribution in [0.1, 0.15) is 34.2 Å². The molecule has 0 bridgehead atoms. The van der Waals surface area contributed by atoms with Crippen LogP contribution in [-0.2, 0) is 25.3 Å². The van der Waals surface area contributed by atoms with Crippen molar-refractivity contribution in [1.29, 1.82) is 0 Å². The van der Waals surface area contributed by atoms with Gasteiger partial charge in [-0.05, 0) is 12.7 Å². The molecule has 9 heteroatoms. The first kappa shape index (κ1) is 7.43. The summed E-state index contributed by atoms with van der Waals surface area (Å²) in [5.74, 6) is -1.76. The zero-order chi connectivity index (χ0) is 26.8. The lowest BCUT2D eigenvalue weighted by Crippen LogP contribution is -2.39. The summed E-state index contributed by atoms with van der Waals surface area (Å²) in [7, 11) is 2.08. The Kier molecular flexibility index (Phi) is 2.19. The third-order valence-corrected chi connectivity index (χ3v) is 2.88. The van der Waals surface area contributed by atoms with Crippen molar-refractivity contribution in [3.63, 3.8) is 0 Å². The van der Waals surface area contributed by atoms with Gasteiger partial charge in [0.05, 0.1) is 9.07 Å². The molecule has 2 heterocycles. The van der Waals surface area contributed by atoms with Crippen molar-refractivity contribution in [2.75, 3.05) is 13.8 Å². The standard InChI is InChI=1S/C14H21N5O4/c1-16-8-15-12-11(16)13(22)19(14(23)18(12)3)7-5-4-6-10(21)17(2)9-20/h8,20H,4-7,9H2,1-3H3/i3D3,4D2,5D2,6D2,7D2. The summed E-state index contributed by atoms with van der Waals surface area (Å²) in [5.41, 5.74) is -4.76. The Morgan fingerprint density at radius 2 is 2.22 bits per heavy atom. The fourth-order valence-electron chi connectivity index (χ4n) is 1.64. The molecule has 0 fully saturated rings. The van der Waals surface area contributed by atoms with E-state index in [1.165, 1.54) is 7.05 Å². The van der Waals surface area contributed by atoms with Gasteiger partial charge >= 0.3 is 5.69 Å². The number of aryl methyl sites for hydroxylation is 2. The molecular weight excluding hydrogens is 302 g/mol. The Hall–Kier alpha value is -2.42. The Labute approximate surface area is 147 Å². The summed E-state index contributed by atoms with van der Waals surface area (Å²) in [6.07, 6.45) is -11.1. The Balaban J connectivity index is 2.95. The van der Waals surface area contributed by atoms with Crippen LogP contribution in [0.2, 0.25) is 0 Å². The molecule has 23 heavy (non-hydrogen) atoms. The van der Waals surface area contributed by atoms with Gasteiger partial charge in [-0.1, -0.05) is 0 Å². The average Bonchev–Trinajstić information content (AvgIpc) is 3.06. The SMILES string of the molecule is [2H]C([2H])([2H])n1c(=O)n(C([2H])([2H])C([2H])([2H])C([2H])([2H])C([2H])([2H])C(=O)N(C)CO)c(=O)c2c1ncn2C. The molecule has 0 unspecified atom stereocenters. The first-order valence-electron chi connectivity index (χ1n) is 11.7. The molecular formula is C14H21N5O4. The normalized spacial score (nSPS) is 21.3. The zero-order valence-electron chi connectivity index (χ0n) is 23.2. The van der Waals surface area contributed by atoms with Gasteiger partial charge in [0.25, 0.3) is 5.56 Å². The van der Waals surface area contributed by atoms with E-state index in [0.717, 1.165) is 17.9 Å². The van der Waals surface area contributed by atoms with E-state index in [-0.39, 0.29) is 4.57 Å². The van der Waals surface area contributed by atoms with Crippen molar-refractivity contribution >= 4 is 17.1 Å². The number of amides is 1. The van der Waals surface area contributed by atoms with E-state index >= 15 is 0 Å². The van der Waals surface area contributed by atoms with Crippen LogP contribution in [0.5, 0.6) is 0 Å². The monoisotopic (exact) mass is 334 g/mol. The molecule has 0 aliphatic carbocycles. The van der Waals surface area contributed by atoms with Gasteiger partial charge < -0.3 is 14.6 Å². The fourth-order valence-corrected chi connectivity index (χ4v) is 1.64. The summed E-state index contributed by atoms with van der Waals surface area (Å²) in [5, 5.41) is 9.06. The fraction of sp³-hybridized carbons (Fsp3) is 0.571. The summed E-state index contributed by atoms with van der Waals surface area (Å²) >= 11 is 0. The van der Waals surface area contributed by atoms with Gasteiger partial charge in [0.2, 0.25) is 5.91 Å². The van der Waals surface area contributed by atoms with Gasteiger partial charge in [-0.3, -0.25) is 18.7 Å². The lowest BCUT2D eigenvalue weighted by Gasteiger charge is -2.13. The summed E-state index contributed by atoms with van der Waals surface area (Å²) in [4.78, 5) is 42.3. The molecule has 1 N–H and O–H groups in total. The van der Waals surface area contributed by atoms with Crippen LogP contribution < -0.4 is 11.2 Å². The van der Waals surface area contributed by atoms with E-state index in [2.05, 4.69) is 4.98 Å². The second kappa shape index (κ2) is 6.78. The largest absolute Gasteiger partial charge is 0.376 e. The zero-order valence-corrected chi connectivity index (χ0v) is 12.2. The lowest BCUT2D eigenvalue weighted by molar-refractivity contribution is -0.133. The topological polar surface area (TPSA) is 102 Å². The van der Waals surface area contributed by atoms with E-state index in [4.69, 9.17) is 20.2 Å². The number of rotatable bonds is 6. The van der Waals surface area contributed by atoms with Crippen LogP contribution in [-0.4, -0.2) is 48.4 Å². The molecule has 0 saturated carbocycles. The van der Waals surface area contributed by atoms with Crippen molar-refractivity contribution in [2.45, 2.75) is 25.6 Å². The third kappa shape index (κ3) is 3.19. The van der Waals surface area contributed by atoms with Crippen LogP contribution in [0.15, 0.2) is 15.9 Å². The number of nitrogens with zero attached hydrogens (tertiary/aromatic N) is 5. The number of carbonyl (C=O) groups excluding carboxylic acids is 1. The van der Waals surface area contributed by atoms with Gasteiger partial charge in [0.1, 0.15) is 6.73 Å². The second-order valence-electron chi connectivity index (χ2n) is 4.42. The highest BCUT2D eigenvalue weighted by molar-refractivity contribution is 5.75. The molecule has 0 spiro atoms. The minimum Gasteiger partial charge on any atom is -0.376 e. The second-order valence-corrected chi connectivity index (χ2v) is 4.42. The Morgan fingerprint density at radius 1 is 1.48 bits per heavy atom. The maximum Gasteiger partial charge on any atom is 0.332 e. The van der Waals surface area contributed by atoms with Crippen molar-refractivity contribution in [1.82, 2.24) is 23.6 Å². The number of hydrogen-bond donors (Lipinski definition) is 1. The molecule has 0 radical (unpaired) electrons. The number of hydrogen-bond acceptors (Lipinski definition) is 5. The minimum atomic E-state index is -4.14. The highest BCUT2D eigenvalue weighted by atomic mass is 16.3. The van der Waals surface area contributed by atoms with Crippen molar-refractivity contribution < 1.29 is 25.0 Å². The maximum absolute atomic E-state index is 13.0. The van der Waals surface area contributed by atoms with Crippen molar-refractivity contribution in [3.8, 4) is 0 Å². The van der Waals surface area contributed by atoms with Gasteiger partial charge in [-0.2, -0.15) is 0 Å². The third-order valence-electron chi connectivity index (χ3n) is 2.88. The predicted molar refractivity (Wildman–Crippen MR) is 83.9 cm³/mol. The van der Waals surface area contributed by atoms with Crippen LogP contribution >= 0.6 is 0 Å². The molecule has 0 atom stereocenters. The van der Waals surface area contributed by atoms with E-state index in [1.807, 2.05) is 0 Å². The van der Waals surface area contributed by atoms with Gasteiger partial charge in [0, 0.05) is 46.3 Å². The summed E-state index contributed by atoms with van der Waals surface area (Å²) < 4.78 is 87.7. The molecule has 1 amide bonds. The molecule has 0 aromatic carbocycles. The predicted octanol–water partition coefficient (Wildman–Crippen LogP) is -0.988. The summed E-state index contributed by atoms with van der Waals surface area (Å²) in [6, 6.07) is 0. The number of carbonyl (C=O) groups is 1. The quantitative estimate of drug-likeness (QED) is 0.684. The maximum atomic E-state index is 13.0. The Morgan fingerprint density at radius 3 is 2.87 bits per heavy atom. The van der Waals surface area contributed by atoms with Crippen LogP contribution in [0, 0.1) is 0 Å². The van der Waals surface area contributed by atoms with E-state index < -0.39 is 72.2 Å². The molecule has 0 saturated heterocycles. The molecule has 0 aliphatic rings. The number of fused-ring (bicyclic) bond motifs is 1. The number of imidazole rings is 1. The molecule has 2 aromatic heterocycles. The van der Waals surface area contributed by atoms with E-state index in [0.29, 0.717) is 4.90 Å². The van der Waals surface area contributed by atoms with Gasteiger partial charge in [-0.25, -0.2) is 9.78 Å². The van der Waals surface area contributed by atoms with E-state index in [1.54, 1.807) is 0 Å². The number of aromatic nitrogens is 4. The molecule has 2 aromatic rings. The smallest absolute Gasteiger partial charge is 0.332 e. The lowest BCUT2D eigenvalue weighted by atomic mass is 10.2. The highest BCUT2D eigenvalue weighted by Crippen LogP contribution is 2.04. The molecule has 126 valence electrons. The molecule has 2 rings (SSSR count). The average molecular weight is 334 g/mol. The molecule has 9 nitrogen and oxygen atoms in total. The van der Waals surface area contributed by atoms with Gasteiger partial charge in [-0.15, -0.1) is 0 Å². The molecule has 0 aliphatic heterocycles. The van der Waals surface area contributed by atoms with Crippen molar-refractivity contribution in [2.24, 2.45) is 14.0 Å².